The van der Waals surface area contributed by atoms with Crippen LogP contribution >= 0.6 is 0 Å². The van der Waals surface area contributed by atoms with Crippen molar-refractivity contribution in [3.8, 4) is 11.1 Å². The molecule has 25 heavy (non-hydrogen) atoms. The zero-order valence-corrected chi connectivity index (χ0v) is 16.3. The topological polar surface area (TPSA) is 0 Å². The van der Waals surface area contributed by atoms with Gasteiger partial charge in [0.05, 0.1) is 0 Å². The highest BCUT2D eigenvalue weighted by Gasteiger charge is 2.24. The fourth-order valence-electron chi connectivity index (χ4n) is 3.96. The summed E-state index contributed by atoms with van der Waals surface area (Å²) in [5, 5.41) is 2.79. The van der Waals surface area contributed by atoms with Gasteiger partial charge in [-0.05, 0) is 61.4 Å². The van der Waals surface area contributed by atoms with Gasteiger partial charge in [-0.15, -0.1) is 0 Å². The Balaban J connectivity index is 1.85. The van der Waals surface area contributed by atoms with E-state index in [0.29, 0.717) is 0 Å². The first-order valence-corrected chi connectivity index (χ1v) is 9.34. The SMILES string of the molecule is CC(C)(C)c1ccc2c(c1)Cc1c-2ccc2cc(C(C)(C)C)ccc12. The highest BCUT2D eigenvalue weighted by atomic mass is 14.3. The van der Waals surface area contributed by atoms with Crippen LogP contribution in [-0.2, 0) is 17.3 Å². The predicted octanol–water partition coefficient (Wildman–Crippen LogP) is 7.01. The molecule has 0 bridgehead atoms. The highest BCUT2D eigenvalue weighted by Crippen LogP contribution is 2.42. The van der Waals surface area contributed by atoms with E-state index in [-0.39, 0.29) is 10.8 Å². The average molecular weight is 328 g/mol. The van der Waals surface area contributed by atoms with Crippen LogP contribution in [-0.4, -0.2) is 0 Å². The molecule has 4 rings (SSSR count). The second-order valence-electron chi connectivity index (χ2n) is 9.58. The van der Waals surface area contributed by atoms with E-state index < -0.39 is 0 Å². The lowest BCUT2D eigenvalue weighted by Gasteiger charge is -2.20. The smallest absolute Gasteiger partial charge is 0.000718 e. The molecule has 0 aliphatic heterocycles. The van der Waals surface area contributed by atoms with Crippen molar-refractivity contribution in [3.05, 3.63) is 70.8 Å². The van der Waals surface area contributed by atoms with Crippen LogP contribution in [0.2, 0.25) is 0 Å². The number of hydrogen-bond acceptors (Lipinski definition) is 0. The van der Waals surface area contributed by atoms with Crippen LogP contribution in [0.3, 0.4) is 0 Å². The minimum Gasteiger partial charge on any atom is -0.0579 e. The monoisotopic (exact) mass is 328 g/mol. The van der Waals surface area contributed by atoms with Crippen molar-refractivity contribution in [2.75, 3.05) is 0 Å². The molecule has 3 aromatic carbocycles. The molecule has 0 saturated carbocycles. The summed E-state index contributed by atoms with van der Waals surface area (Å²) in [5.74, 6) is 0. The van der Waals surface area contributed by atoms with Gasteiger partial charge in [0.2, 0.25) is 0 Å². The molecule has 0 radical (unpaired) electrons. The first kappa shape index (κ1) is 16.4. The van der Waals surface area contributed by atoms with E-state index in [1.165, 1.54) is 44.2 Å². The summed E-state index contributed by atoms with van der Waals surface area (Å²) in [4.78, 5) is 0. The van der Waals surface area contributed by atoms with Crippen LogP contribution in [0.15, 0.2) is 48.5 Å². The maximum absolute atomic E-state index is 2.42. The number of hydrogen-bond donors (Lipinski definition) is 0. The number of fused-ring (bicyclic) bond motifs is 5. The Kier molecular flexibility index (Phi) is 3.41. The molecular weight excluding hydrogens is 300 g/mol. The van der Waals surface area contributed by atoms with E-state index >= 15 is 0 Å². The van der Waals surface area contributed by atoms with Gasteiger partial charge < -0.3 is 0 Å². The summed E-state index contributed by atoms with van der Waals surface area (Å²) in [6, 6.07) is 18.7. The van der Waals surface area contributed by atoms with Crippen molar-refractivity contribution in [2.45, 2.75) is 58.8 Å². The first-order chi connectivity index (χ1) is 11.6. The first-order valence-electron chi connectivity index (χ1n) is 9.34. The van der Waals surface area contributed by atoms with Crippen LogP contribution in [0.25, 0.3) is 21.9 Å². The normalized spacial score (nSPS) is 13.8. The largest absolute Gasteiger partial charge is 0.0579 e. The molecule has 1 aliphatic rings. The van der Waals surface area contributed by atoms with Gasteiger partial charge in [-0.1, -0.05) is 90.1 Å². The Hall–Kier alpha value is -2.08. The van der Waals surface area contributed by atoms with E-state index in [1.54, 1.807) is 0 Å². The molecule has 0 saturated heterocycles. The summed E-state index contributed by atoms with van der Waals surface area (Å²) in [6.45, 7) is 13.7. The Morgan fingerprint density at radius 1 is 0.640 bits per heavy atom. The Morgan fingerprint density at radius 2 is 1.24 bits per heavy atom. The van der Waals surface area contributed by atoms with Crippen molar-refractivity contribution in [3.63, 3.8) is 0 Å². The number of rotatable bonds is 0. The summed E-state index contributed by atoms with van der Waals surface area (Å²) in [5.41, 5.74) is 9.06. The van der Waals surface area contributed by atoms with Crippen molar-refractivity contribution < 1.29 is 0 Å². The maximum atomic E-state index is 2.42. The van der Waals surface area contributed by atoms with Crippen LogP contribution in [0.5, 0.6) is 0 Å². The lowest BCUT2D eigenvalue weighted by Crippen LogP contribution is -2.11. The predicted molar refractivity (Wildman–Crippen MR) is 110 cm³/mol. The highest BCUT2D eigenvalue weighted by molar-refractivity contribution is 5.95. The molecule has 0 N–H and O–H groups in total. The van der Waals surface area contributed by atoms with E-state index in [2.05, 4.69) is 90.1 Å². The van der Waals surface area contributed by atoms with Gasteiger partial charge >= 0.3 is 0 Å². The van der Waals surface area contributed by atoms with Crippen molar-refractivity contribution in [2.24, 2.45) is 0 Å². The van der Waals surface area contributed by atoms with Crippen LogP contribution in [0.4, 0.5) is 0 Å². The molecule has 0 unspecified atom stereocenters. The Morgan fingerprint density at radius 3 is 1.92 bits per heavy atom. The molecule has 1 aliphatic carbocycles. The third kappa shape index (κ3) is 2.68. The van der Waals surface area contributed by atoms with Gasteiger partial charge in [0.25, 0.3) is 0 Å². The van der Waals surface area contributed by atoms with Gasteiger partial charge in [-0.2, -0.15) is 0 Å². The van der Waals surface area contributed by atoms with Crippen molar-refractivity contribution in [1.82, 2.24) is 0 Å². The molecule has 0 fully saturated rings. The molecule has 0 aromatic heterocycles. The lowest BCUT2D eigenvalue weighted by molar-refractivity contribution is 0.589. The molecule has 0 heterocycles. The van der Waals surface area contributed by atoms with Gasteiger partial charge in [-0.25, -0.2) is 0 Å². The van der Waals surface area contributed by atoms with Gasteiger partial charge in [0, 0.05) is 0 Å². The van der Waals surface area contributed by atoms with Gasteiger partial charge in [0.15, 0.2) is 0 Å². The van der Waals surface area contributed by atoms with Crippen LogP contribution in [0, 0.1) is 0 Å². The second kappa shape index (κ2) is 5.21. The molecule has 0 heteroatoms. The zero-order chi connectivity index (χ0) is 18.0. The summed E-state index contributed by atoms with van der Waals surface area (Å²) in [7, 11) is 0. The minimum atomic E-state index is 0.192. The van der Waals surface area contributed by atoms with Crippen LogP contribution < -0.4 is 0 Å². The Bertz CT molecular complexity index is 975. The maximum Gasteiger partial charge on any atom is -0.000718 e. The van der Waals surface area contributed by atoms with E-state index in [9.17, 15) is 0 Å². The number of benzene rings is 3. The molecule has 128 valence electrons. The molecule has 0 nitrogen and oxygen atoms in total. The van der Waals surface area contributed by atoms with Gasteiger partial charge in [-0.3, -0.25) is 0 Å². The average Bonchev–Trinajstić information content (AvgIpc) is 2.90. The standard InChI is InChI=1S/C25H28/c1-24(2,3)18-8-11-20-16(13-18)7-10-22-21-12-9-19(25(4,5)6)14-17(21)15-23(20)22/h7-14H,15H2,1-6H3. The second-order valence-corrected chi connectivity index (χ2v) is 9.58. The van der Waals surface area contributed by atoms with Crippen molar-refractivity contribution in [1.29, 1.82) is 0 Å². The molecule has 0 spiro atoms. The van der Waals surface area contributed by atoms with E-state index in [1.807, 2.05) is 0 Å². The van der Waals surface area contributed by atoms with Crippen molar-refractivity contribution >= 4 is 10.8 Å². The summed E-state index contributed by atoms with van der Waals surface area (Å²) >= 11 is 0. The Labute approximate surface area is 151 Å². The fraction of sp³-hybridized carbons (Fsp3) is 0.360. The minimum absolute atomic E-state index is 0.192. The van der Waals surface area contributed by atoms with Gasteiger partial charge in [0.1, 0.15) is 0 Å². The third-order valence-corrected chi connectivity index (χ3v) is 5.63. The van der Waals surface area contributed by atoms with E-state index in [4.69, 9.17) is 0 Å². The third-order valence-electron chi connectivity index (χ3n) is 5.63. The van der Waals surface area contributed by atoms with E-state index in [0.717, 1.165) is 6.42 Å². The fourth-order valence-corrected chi connectivity index (χ4v) is 3.96. The zero-order valence-electron chi connectivity index (χ0n) is 16.3. The van der Waals surface area contributed by atoms with Crippen LogP contribution in [0.1, 0.15) is 63.8 Å². The lowest BCUT2D eigenvalue weighted by atomic mass is 9.85. The quantitative estimate of drug-likeness (QED) is 0.326. The summed E-state index contributed by atoms with van der Waals surface area (Å²) < 4.78 is 0. The molecular formula is C25H28. The molecule has 0 atom stereocenters. The molecule has 3 aromatic rings. The summed E-state index contributed by atoms with van der Waals surface area (Å²) in [6.07, 6.45) is 1.06. The molecule has 0 amide bonds.